The SMILES string of the molecule is CCOC(=O)c1ccc(NC(=O)[C@@H]2CC(=O)N(c3ccc(C)c([N+](=O)[O-])c3)C2)cc1. The van der Waals surface area contributed by atoms with Gasteiger partial charge in [-0.1, -0.05) is 6.07 Å². The van der Waals surface area contributed by atoms with E-state index >= 15 is 0 Å². The number of aryl methyl sites for hydroxylation is 1. The molecule has 9 heteroatoms. The lowest BCUT2D eigenvalue weighted by atomic mass is 10.1. The zero-order chi connectivity index (χ0) is 21.8. The second kappa shape index (κ2) is 8.73. The highest BCUT2D eigenvalue weighted by atomic mass is 16.6. The molecule has 0 aromatic heterocycles. The van der Waals surface area contributed by atoms with E-state index in [4.69, 9.17) is 4.74 Å². The second-order valence-electron chi connectivity index (χ2n) is 6.92. The van der Waals surface area contributed by atoms with Crippen molar-refractivity contribution < 1.29 is 24.0 Å². The van der Waals surface area contributed by atoms with E-state index in [-0.39, 0.29) is 37.1 Å². The van der Waals surface area contributed by atoms with Gasteiger partial charge in [0.1, 0.15) is 0 Å². The maximum Gasteiger partial charge on any atom is 0.338 e. The number of ether oxygens (including phenoxy) is 1. The van der Waals surface area contributed by atoms with Crippen molar-refractivity contribution >= 4 is 34.8 Å². The number of hydrogen-bond donors (Lipinski definition) is 1. The van der Waals surface area contributed by atoms with Gasteiger partial charge in [-0.05, 0) is 44.2 Å². The molecule has 0 spiro atoms. The molecule has 0 aliphatic carbocycles. The molecule has 2 amide bonds. The Bertz CT molecular complexity index is 1000. The van der Waals surface area contributed by atoms with E-state index in [1.165, 1.54) is 11.0 Å². The van der Waals surface area contributed by atoms with E-state index in [0.29, 0.717) is 22.5 Å². The molecule has 2 aromatic rings. The Hall–Kier alpha value is -3.75. The van der Waals surface area contributed by atoms with Crippen molar-refractivity contribution in [3.8, 4) is 0 Å². The molecule has 9 nitrogen and oxygen atoms in total. The highest BCUT2D eigenvalue weighted by Crippen LogP contribution is 2.30. The number of nitrogens with one attached hydrogen (secondary N) is 1. The minimum absolute atomic E-state index is 0.00835. The van der Waals surface area contributed by atoms with Crippen LogP contribution < -0.4 is 10.2 Å². The van der Waals surface area contributed by atoms with E-state index in [9.17, 15) is 24.5 Å². The summed E-state index contributed by atoms with van der Waals surface area (Å²) in [7, 11) is 0. The lowest BCUT2D eigenvalue weighted by Crippen LogP contribution is -2.28. The average molecular weight is 411 g/mol. The van der Waals surface area contributed by atoms with Gasteiger partial charge < -0.3 is 15.0 Å². The van der Waals surface area contributed by atoms with Crippen LogP contribution >= 0.6 is 0 Å². The topological polar surface area (TPSA) is 119 Å². The van der Waals surface area contributed by atoms with Gasteiger partial charge in [0.2, 0.25) is 11.8 Å². The van der Waals surface area contributed by atoms with E-state index in [1.54, 1.807) is 50.2 Å². The zero-order valence-corrected chi connectivity index (χ0v) is 16.6. The van der Waals surface area contributed by atoms with Crippen LogP contribution in [0.5, 0.6) is 0 Å². The van der Waals surface area contributed by atoms with E-state index in [1.807, 2.05) is 0 Å². The molecule has 0 bridgehead atoms. The van der Waals surface area contributed by atoms with Gasteiger partial charge in [-0.25, -0.2) is 4.79 Å². The fourth-order valence-corrected chi connectivity index (χ4v) is 3.24. The lowest BCUT2D eigenvalue weighted by molar-refractivity contribution is -0.385. The maximum atomic E-state index is 12.6. The van der Waals surface area contributed by atoms with Gasteiger partial charge >= 0.3 is 5.97 Å². The highest BCUT2D eigenvalue weighted by molar-refractivity contribution is 6.03. The molecule has 1 heterocycles. The first-order valence-corrected chi connectivity index (χ1v) is 9.43. The van der Waals surface area contributed by atoms with Gasteiger partial charge in [0.25, 0.3) is 5.69 Å². The molecule has 2 aromatic carbocycles. The van der Waals surface area contributed by atoms with Crippen LogP contribution in [0.2, 0.25) is 0 Å². The Morgan fingerprint density at radius 1 is 1.23 bits per heavy atom. The molecule has 30 heavy (non-hydrogen) atoms. The Morgan fingerprint density at radius 2 is 1.93 bits per heavy atom. The molecule has 1 aliphatic rings. The van der Waals surface area contributed by atoms with E-state index in [2.05, 4.69) is 5.32 Å². The molecule has 1 saturated heterocycles. The average Bonchev–Trinajstić information content (AvgIpc) is 3.10. The van der Waals surface area contributed by atoms with Crippen LogP contribution in [0.4, 0.5) is 17.1 Å². The molecule has 1 N–H and O–H groups in total. The molecule has 0 unspecified atom stereocenters. The predicted octanol–water partition coefficient (Wildman–Crippen LogP) is 3.07. The van der Waals surface area contributed by atoms with E-state index in [0.717, 1.165) is 0 Å². The van der Waals surface area contributed by atoms with Gasteiger partial charge in [0.05, 0.1) is 28.7 Å². The molecule has 156 valence electrons. The van der Waals surface area contributed by atoms with Crippen LogP contribution in [0.25, 0.3) is 0 Å². The van der Waals surface area contributed by atoms with E-state index < -0.39 is 16.8 Å². The molecule has 1 atom stereocenters. The Kier molecular flexibility index (Phi) is 6.10. The molecular formula is C21H21N3O6. The van der Waals surface area contributed by atoms with Gasteiger partial charge in [-0.15, -0.1) is 0 Å². The summed E-state index contributed by atoms with van der Waals surface area (Å²) in [6, 6.07) is 10.8. The highest BCUT2D eigenvalue weighted by Gasteiger charge is 2.35. The third-order valence-corrected chi connectivity index (χ3v) is 4.86. The summed E-state index contributed by atoms with van der Waals surface area (Å²) in [5.41, 5.74) is 1.68. The number of anilines is 2. The quantitative estimate of drug-likeness (QED) is 0.443. The Morgan fingerprint density at radius 3 is 2.57 bits per heavy atom. The van der Waals surface area contributed by atoms with Crippen LogP contribution in [-0.2, 0) is 14.3 Å². The minimum atomic E-state index is -0.595. The van der Waals surface area contributed by atoms with Crippen molar-refractivity contribution in [3.63, 3.8) is 0 Å². The van der Waals surface area contributed by atoms with Crippen LogP contribution in [0.3, 0.4) is 0 Å². The summed E-state index contributed by atoms with van der Waals surface area (Å²) in [5.74, 6) is -1.65. The summed E-state index contributed by atoms with van der Waals surface area (Å²) in [6.07, 6.45) is 0.00835. The fraction of sp³-hybridized carbons (Fsp3) is 0.286. The van der Waals surface area contributed by atoms with Crippen LogP contribution in [0.15, 0.2) is 42.5 Å². The van der Waals surface area contributed by atoms with Gasteiger partial charge in [0.15, 0.2) is 0 Å². The zero-order valence-electron chi connectivity index (χ0n) is 16.6. The summed E-state index contributed by atoms with van der Waals surface area (Å²) < 4.78 is 4.91. The number of nitrogens with zero attached hydrogens (tertiary/aromatic N) is 2. The van der Waals surface area contributed by atoms with Crippen molar-refractivity contribution in [2.75, 3.05) is 23.4 Å². The molecular weight excluding hydrogens is 390 g/mol. The normalized spacial score (nSPS) is 15.7. The first kappa shape index (κ1) is 21.0. The summed E-state index contributed by atoms with van der Waals surface area (Å²) in [5, 5.41) is 13.9. The maximum absolute atomic E-state index is 12.6. The smallest absolute Gasteiger partial charge is 0.338 e. The van der Waals surface area contributed by atoms with Crippen molar-refractivity contribution in [1.29, 1.82) is 0 Å². The standard InChI is InChI=1S/C21H21N3O6/c1-3-30-21(27)14-5-7-16(8-6-14)22-20(26)15-10-19(25)23(12-15)17-9-4-13(2)18(11-17)24(28)29/h4-9,11,15H,3,10,12H2,1-2H3,(H,22,26)/t15-/m1/s1. The first-order valence-electron chi connectivity index (χ1n) is 9.43. The number of rotatable bonds is 6. The fourth-order valence-electron chi connectivity index (χ4n) is 3.24. The molecule has 1 fully saturated rings. The molecule has 3 rings (SSSR count). The number of benzene rings is 2. The molecule has 0 radical (unpaired) electrons. The number of esters is 1. The number of hydrogen-bond acceptors (Lipinski definition) is 6. The van der Waals surface area contributed by atoms with Crippen LogP contribution in [0, 0.1) is 23.0 Å². The minimum Gasteiger partial charge on any atom is -0.462 e. The number of carbonyl (C=O) groups excluding carboxylic acids is 3. The molecule has 0 saturated carbocycles. The summed E-state index contributed by atoms with van der Waals surface area (Å²) in [6.45, 7) is 3.74. The molecule has 1 aliphatic heterocycles. The number of amides is 2. The largest absolute Gasteiger partial charge is 0.462 e. The van der Waals surface area contributed by atoms with Crippen molar-refractivity contribution in [3.05, 3.63) is 63.7 Å². The van der Waals surface area contributed by atoms with Gasteiger partial charge in [0, 0.05) is 30.3 Å². The van der Waals surface area contributed by atoms with Crippen molar-refractivity contribution in [2.24, 2.45) is 5.92 Å². The Labute approximate surface area is 172 Å². The van der Waals surface area contributed by atoms with Gasteiger partial charge in [-0.3, -0.25) is 19.7 Å². The van der Waals surface area contributed by atoms with Gasteiger partial charge in [-0.2, -0.15) is 0 Å². The number of carbonyl (C=O) groups is 3. The monoisotopic (exact) mass is 411 g/mol. The predicted molar refractivity (Wildman–Crippen MR) is 109 cm³/mol. The van der Waals surface area contributed by atoms with Crippen LogP contribution in [0.1, 0.15) is 29.3 Å². The van der Waals surface area contributed by atoms with Crippen molar-refractivity contribution in [1.82, 2.24) is 0 Å². The first-order chi connectivity index (χ1) is 14.3. The number of nitro groups is 1. The van der Waals surface area contributed by atoms with Crippen molar-refractivity contribution in [2.45, 2.75) is 20.3 Å². The third-order valence-electron chi connectivity index (χ3n) is 4.86. The Balaban J connectivity index is 1.67. The lowest BCUT2D eigenvalue weighted by Gasteiger charge is -2.17. The second-order valence-corrected chi connectivity index (χ2v) is 6.92. The summed E-state index contributed by atoms with van der Waals surface area (Å²) in [4.78, 5) is 48.7. The third kappa shape index (κ3) is 4.45. The number of nitro benzene ring substituents is 1. The van der Waals surface area contributed by atoms with Crippen LogP contribution in [-0.4, -0.2) is 35.9 Å². The summed E-state index contributed by atoms with van der Waals surface area (Å²) >= 11 is 0.